The summed E-state index contributed by atoms with van der Waals surface area (Å²) in [6.07, 6.45) is 9.57. The molecule has 0 aliphatic heterocycles. The van der Waals surface area contributed by atoms with Crippen LogP contribution in [0.2, 0.25) is 0 Å². The fraction of sp³-hybridized carbons (Fsp3) is 0.611. The summed E-state index contributed by atoms with van der Waals surface area (Å²) in [7, 11) is 0. The fourth-order valence-electron chi connectivity index (χ4n) is 3.64. The lowest BCUT2D eigenvalue weighted by atomic mass is 9.88. The van der Waals surface area contributed by atoms with Gasteiger partial charge in [0.25, 0.3) is 0 Å². The van der Waals surface area contributed by atoms with Crippen LogP contribution in [-0.2, 0) is 17.6 Å². The van der Waals surface area contributed by atoms with Crippen LogP contribution in [0.25, 0.3) is 0 Å². The highest BCUT2D eigenvalue weighted by atomic mass is 16.1. The maximum Gasteiger partial charge on any atom is 0.223 e. The Hall–Kier alpha value is -1.31. The summed E-state index contributed by atoms with van der Waals surface area (Å²) in [5.74, 6) is 0.512. The quantitative estimate of drug-likeness (QED) is 0.886. The van der Waals surface area contributed by atoms with E-state index in [1.54, 1.807) is 0 Å². The molecule has 0 radical (unpaired) electrons. The zero-order valence-electron chi connectivity index (χ0n) is 12.5. The molecular formula is C18H25NO. The van der Waals surface area contributed by atoms with Gasteiger partial charge in [0.05, 0.1) is 6.04 Å². The van der Waals surface area contributed by atoms with Crippen molar-refractivity contribution in [1.82, 2.24) is 5.32 Å². The molecule has 1 unspecified atom stereocenters. The third-order valence-corrected chi connectivity index (χ3v) is 4.96. The Labute approximate surface area is 122 Å². The van der Waals surface area contributed by atoms with Gasteiger partial charge >= 0.3 is 0 Å². The van der Waals surface area contributed by atoms with E-state index in [1.165, 1.54) is 55.2 Å². The monoisotopic (exact) mass is 271 g/mol. The first-order valence-corrected chi connectivity index (χ1v) is 8.16. The van der Waals surface area contributed by atoms with Crippen LogP contribution in [0.15, 0.2) is 18.2 Å². The molecule has 1 aromatic rings. The van der Waals surface area contributed by atoms with Crippen molar-refractivity contribution < 1.29 is 4.79 Å². The van der Waals surface area contributed by atoms with Gasteiger partial charge in [0.1, 0.15) is 0 Å². The summed E-state index contributed by atoms with van der Waals surface area (Å²) in [5, 5.41) is 3.22. The summed E-state index contributed by atoms with van der Waals surface area (Å²) in [6.45, 7) is 2.11. The number of hydrogen-bond donors (Lipinski definition) is 1. The standard InChI is InChI=1S/C18H25NO/c1-13(19-18(20)15-6-3-2-4-7-15)16-11-10-14-8-5-9-17(14)12-16/h10-13,15H,2-9H2,1H3,(H,19,20). The van der Waals surface area contributed by atoms with Crippen molar-refractivity contribution in [2.24, 2.45) is 5.92 Å². The van der Waals surface area contributed by atoms with Gasteiger partial charge in [0.15, 0.2) is 0 Å². The second kappa shape index (κ2) is 5.99. The number of rotatable bonds is 3. The Morgan fingerprint density at radius 1 is 1.10 bits per heavy atom. The highest BCUT2D eigenvalue weighted by molar-refractivity contribution is 5.79. The lowest BCUT2D eigenvalue weighted by Crippen LogP contribution is -2.33. The van der Waals surface area contributed by atoms with Gasteiger partial charge in [-0.3, -0.25) is 4.79 Å². The number of benzene rings is 1. The fourth-order valence-corrected chi connectivity index (χ4v) is 3.64. The maximum atomic E-state index is 12.3. The zero-order valence-corrected chi connectivity index (χ0v) is 12.5. The summed E-state index contributed by atoms with van der Waals surface area (Å²) in [4.78, 5) is 12.3. The average Bonchev–Trinajstić information content (AvgIpc) is 2.95. The van der Waals surface area contributed by atoms with E-state index in [0.29, 0.717) is 0 Å². The third kappa shape index (κ3) is 2.89. The number of carbonyl (C=O) groups excluding carboxylic acids is 1. The van der Waals surface area contributed by atoms with Gasteiger partial charge in [0.2, 0.25) is 5.91 Å². The second-order valence-electron chi connectivity index (χ2n) is 6.45. The minimum absolute atomic E-state index is 0.135. The van der Waals surface area contributed by atoms with Crippen molar-refractivity contribution in [1.29, 1.82) is 0 Å². The number of aryl methyl sites for hydroxylation is 2. The van der Waals surface area contributed by atoms with Crippen LogP contribution in [0.4, 0.5) is 0 Å². The summed E-state index contributed by atoms with van der Waals surface area (Å²) < 4.78 is 0. The highest BCUT2D eigenvalue weighted by Gasteiger charge is 2.23. The molecule has 3 rings (SSSR count). The Balaban J connectivity index is 1.63. The topological polar surface area (TPSA) is 29.1 Å². The molecule has 1 atom stereocenters. The first-order chi connectivity index (χ1) is 9.74. The molecule has 1 saturated carbocycles. The van der Waals surface area contributed by atoms with Gasteiger partial charge in [-0.15, -0.1) is 0 Å². The summed E-state index contributed by atoms with van der Waals surface area (Å²) in [5.41, 5.74) is 4.25. The van der Waals surface area contributed by atoms with Crippen molar-refractivity contribution in [3.63, 3.8) is 0 Å². The molecule has 20 heavy (non-hydrogen) atoms. The normalized spacial score (nSPS) is 20.4. The third-order valence-electron chi connectivity index (χ3n) is 4.96. The van der Waals surface area contributed by atoms with Crippen LogP contribution in [0.3, 0.4) is 0 Å². The highest BCUT2D eigenvalue weighted by Crippen LogP contribution is 2.27. The molecule has 0 spiro atoms. The van der Waals surface area contributed by atoms with Gasteiger partial charge in [-0.1, -0.05) is 37.5 Å². The number of nitrogens with one attached hydrogen (secondary N) is 1. The molecule has 2 aliphatic rings. The smallest absolute Gasteiger partial charge is 0.223 e. The Kier molecular flexibility index (Phi) is 4.09. The first-order valence-electron chi connectivity index (χ1n) is 8.16. The molecule has 1 fully saturated rings. The van der Waals surface area contributed by atoms with Crippen molar-refractivity contribution in [3.05, 3.63) is 34.9 Å². The maximum absolute atomic E-state index is 12.3. The summed E-state index contributed by atoms with van der Waals surface area (Å²) >= 11 is 0. The van der Waals surface area contributed by atoms with Crippen LogP contribution in [0, 0.1) is 5.92 Å². The first kappa shape index (κ1) is 13.7. The van der Waals surface area contributed by atoms with Crippen molar-refractivity contribution in [2.75, 3.05) is 0 Å². The number of amides is 1. The molecule has 2 nitrogen and oxygen atoms in total. The molecule has 0 aromatic heterocycles. The molecule has 108 valence electrons. The van der Waals surface area contributed by atoms with E-state index in [4.69, 9.17) is 0 Å². The molecule has 1 amide bonds. The predicted molar refractivity (Wildman–Crippen MR) is 81.6 cm³/mol. The minimum Gasteiger partial charge on any atom is -0.349 e. The Morgan fingerprint density at radius 3 is 2.65 bits per heavy atom. The zero-order chi connectivity index (χ0) is 13.9. The van der Waals surface area contributed by atoms with Gasteiger partial charge in [-0.2, -0.15) is 0 Å². The van der Waals surface area contributed by atoms with Gasteiger partial charge in [-0.05, 0) is 55.7 Å². The van der Waals surface area contributed by atoms with E-state index in [9.17, 15) is 4.79 Å². The Morgan fingerprint density at radius 2 is 1.85 bits per heavy atom. The van der Waals surface area contributed by atoms with Crippen LogP contribution >= 0.6 is 0 Å². The van der Waals surface area contributed by atoms with E-state index >= 15 is 0 Å². The van der Waals surface area contributed by atoms with Crippen LogP contribution in [-0.4, -0.2) is 5.91 Å². The van der Waals surface area contributed by atoms with E-state index < -0.39 is 0 Å². The van der Waals surface area contributed by atoms with E-state index in [1.807, 2.05) is 0 Å². The van der Waals surface area contributed by atoms with Crippen LogP contribution in [0.5, 0.6) is 0 Å². The number of carbonyl (C=O) groups is 1. The largest absolute Gasteiger partial charge is 0.349 e. The number of fused-ring (bicyclic) bond motifs is 1. The van der Waals surface area contributed by atoms with Crippen molar-refractivity contribution in [2.45, 2.75) is 64.3 Å². The minimum atomic E-state index is 0.135. The van der Waals surface area contributed by atoms with Crippen molar-refractivity contribution >= 4 is 5.91 Å². The van der Waals surface area contributed by atoms with Gasteiger partial charge < -0.3 is 5.32 Å². The molecule has 1 aromatic carbocycles. The molecule has 0 saturated heterocycles. The lowest BCUT2D eigenvalue weighted by Gasteiger charge is -2.23. The Bertz CT molecular complexity index is 488. The van der Waals surface area contributed by atoms with Crippen LogP contribution < -0.4 is 5.32 Å². The molecule has 0 bridgehead atoms. The van der Waals surface area contributed by atoms with Gasteiger partial charge in [-0.25, -0.2) is 0 Å². The predicted octanol–water partition coefficient (Wildman–Crippen LogP) is 3.93. The number of hydrogen-bond acceptors (Lipinski definition) is 1. The van der Waals surface area contributed by atoms with Crippen molar-refractivity contribution in [3.8, 4) is 0 Å². The molecular weight excluding hydrogens is 246 g/mol. The van der Waals surface area contributed by atoms with E-state index in [2.05, 4.69) is 30.4 Å². The summed E-state index contributed by atoms with van der Waals surface area (Å²) in [6, 6.07) is 6.88. The molecule has 1 N–H and O–H groups in total. The average molecular weight is 271 g/mol. The van der Waals surface area contributed by atoms with E-state index in [-0.39, 0.29) is 17.9 Å². The molecule has 2 heteroatoms. The second-order valence-corrected chi connectivity index (χ2v) is 6.45. The molecule has 0 heterocycles. The van der Waals surface area contributed by atoms with E-state index in [0.717, 1.165) is 12.8 Å². The van der Waals surface area contributed by atoms with Crippen LogP contribution in [0.1, 0.15) is 68.2 Å². The molecule has 2 aliphatic carbocycles. The van der Waals surface area contributed by atoms with Gasteiger partial charge in [0, 0.05) is 5.92 Å². The lowest BCUT2D eigenvalue weighted by molar-refractivity contribution is -0.126. The SMILES string of the molecule is CC(NC(=O)C1CCCCC1)c1ccc2c(c1)CCC2.